The Morgan fingerprint density at radius 3 is 2.31 bits per heavy atom. The van der Waals surface area contributed by atoms with E-state index >= 15 is 0 Å². The Hall–Kier alpha value is -0.520. The van der Waals surface area contributed by atoms with E-state index in [9.17, 15) is 13.2 Å². The van der Waals surface area contributed by atoms with Gasteiger partial charge in [-0.15, -0.1) is 11.8 Å². The third kappa shape index (κ3) is 2.78. The molecule has 0 radical (unpaired) electrons. The third-order valence-electron chi connectivity index (χ3n) is 2.12. The molecule has 0 atom stereocenters. The van der Waals surface area contributed by atoms with E-state index in [0.717, 1.165) is 6.26 Å². The first kappa shape index (κ1) is 13.5. The zero-order chi connectivity index (χ0) is 12.5. The van der Waals surface area contributed by atoms with E-state index < -0.39 is 15.1 Å². The number of carbonyl (C=O) groups excluding carboxylic acids is 1. The molecule has 0 aromatic heterocycles. The van der Waals surface area contributed by atoms with Crippen molar-refractivity contribution in [1.82, 2.24) is 0 Å². The zero-order valence-corrected chi connectivity index (χ0v) is 11.5. The molecule has 1 aromatic carbocycles. The van der Waals surface area contributed by atoms with Crippen molar-refractivity contribution in [3.63, 3.8) is 0 Å². The van der Waals surface area contributed by atoms with Gasteiger partial charge in [-0.25, -0.2) is 8.42 Å². The fourth-order valence-electron chi connectivity index (χ4n) is 1.32. The number of thioether (sulfide) groups is 1. The summed E-state index contributed by atoms with van der Waals surface area (Å²) < 4.78 is 23.1. The van der Waals surface area contributed by atoms with Crippen LogP contribution < -0.4 is 0 Å². The molecule has 0 saturated carbocycles. The normalized spacial score (nSPS) is 11.5. The summed E-state index contributed by atoms with van der Waals surface area (Å²) in [5, 5.41) is -0.643. The van der Waals surface area contributed by atoms with Crippen LogP contribution in [0.25, 0.3) is 0 Å². The molecule has 0 N–H and O–H groups in total. The van der Waals surface area contributed by atoms with Crippen molar-refractivity contribution in [2.45, 2.75) is 16.7 Å². The lowest BCUT2D eigenvalue weighted by molar-refractivity contribution is 0.108. The van der Waals surface area contributed by atoms with Crippen molar-refractivity contribution in [2.24, 2.45) is 0 Å². The number of hydrogen-bond donors (Lipinski definition) is 0. The molecule has 6 heteroatoms. The molecule has 0 heterocycles. The van der Waals surface area contributed by atoms with Crippen LogP contribution in [0.1, 0.15) is 15.9 Å². The lowest BCUT2D eigenvalue weighted by Gasteiger charge is -2.09. The van der Waals surface area contributed by atoms with Crippen LogP contribution >= 0.6 is 23.4 Å². The summed E-state index contributed by atoms with van der Waals surface area (Å²) in [5.41, 5.74) is 0.914. The lowest BCUT2D eigenvalue weighted by atomic mass is 10.1. The minimum absolute atomic E-state index is 0.148. The molecule has 0 aliphatic rings. The molecule has 0 aliphatic carbocycles. The molecule has 0 bridgehead atoms. The van der Waals surface area contributed by atoms with Gasteiger partial charge in [0.15, 0.2) is 9.84 Å². The highest BCUT2D eigenvalue weighted by Crippen LogP contribution is 2.28. The van der Waals surface area contributed by atoms with Gasteiger partial charge in [0.05, 0.1) is 4.90 Å². The standard InChI is InChI=1S/C10H11ClO3S2/c1-6-4-8(15-2)9(16(3,13)14)5-7(6)10(11)12/h4-5H,1-3H3. The van der Waals surface area contributed by atoms with Crippen LogP contribution in [0.15, 0.2) is 21.9 Å². The molecule has 0 saturated heterocycles. The van der Waals surface area contributed by atoms with Crippen LogP contribution in [-0.2, 0) is 9.84 Å². The van der Waals surface area contributed by atoms with Gasteiger partial charge >= 0.3 is 0 Å². The van der Waals surface area contributed by atoms with E-state index in [1.54, 1.807) is 19.2 Å². The van der Waals surface area contributed by atoms with Crippen LogP contribution in [0, 0.1) is 6.92 Å². The van der Waals surface area contributed by atoms with Crippen molar-refractivity contribution < 1.29 is 13.2 Å². The maximum atomic E-state index is 11.5. The predicted octanol–water partition coefficient (Wildman–Crippen LogP) is 2.50. The summed E-state index contributed by atoms with van der Waals surface area (Å²) in [6.45, 7) is 1.72. The van der Waals surface area contributed by atoms with Gasteiger partial charge in [-0.3, -0.25) is 4.79 Å². The SMILES string of the molecule is CSc1cc(C)c(C(=O)Cl)cc1S(C)(=O)=O. The zero-order valence-electron chi connectivity index (χ0n) is 9.07. The number of halogens is 1. The largest absolute Gasteiger partial charge is 0.276 e. The van der Waals surface area contributed by atoms with E-state index in [0.29, 0.717) is 10.5 Å². The van der Waals surface area contributed by atoms with E-state index in [-0.39, 0.29) is 10.5 Å². The van der Waals surface area contributed by atoms with Gasteiger partial charge in [0.25, 0.3) is 5.24 Å². The molecule has 0 aliphatic heterocycles. The van der Waals surface area contributed by atoms with E-state index in [2.05, 4.69) is 0 Å². The second-order valence-electron chi connectivity index (χ2n) is 3.36. The van der Waals surface area contributed by atoms with E-state index in [4.69, 9.17) is 11.6 Å². The quantitative estimate of drug-likeness (QED) is 0.630. The number of benzene rings is 1. The van der Waals surface area contributed by atoms with Gasteiger partial charge in [-0.05, 0) is 42.5 Å². The molecular weight excluding hydrogens is 268 g/mol. The molecule has 0 unspecified atom stereocenters. The number of sulfone groups is 1. The fraction of sp³-hybridized carbons (Fsp3) is 0.300. The Morgan fingerprint density at radius 2 is 1.94 bits per heavy atom. The van der Waals surface area contributed by atoms with Crippen molar-refractivity contribution in [3.8, 4) is 0 Å². The number of aryl methyl sites for hydroxylation is 1. The monoisotopic (exact) mass is 278 g/mol. The highest BCUT2D eigenvalue weighted by atomic mass is 35.5. The van der Waals surface area contributed by atoms with E-state index in [1.165, 1.54) is 17.8 Å². The highest BCUT2D eigenvalue weighted by molar-refractivity contribution is 7.99. The molecule has 0 amide bonds. The minimum Gasteiger partial charge on any atom is -0.276 e. The summed E-state index contributed by atoms with van der Waals surface area (Å²) in [6.07, 6.45) is 2.89. The van der Waals surface area contributed by atoms with Gasteiger partial charge in [0.1, 0.15) is 0 Å². The molecule has 16 heavy (non-hydrogen) atoms. The Morgan fingerprint density at radius 1 is 1.38 bits per heavy atom. The Balaban J connectivity index is 3.60. The van der Waals surface area contributed by atoms with Crippen LogP contribution in [0.4, 0.5) is 0 Å². The van der Waals surface area contributed by atoms with Crippen LogP contribution in [0.3, 0.4) is 0 Å². The van der Waals surface area contributed by atoms with Crippen LogP contribution in [0.5, 0.6) is 0 Å². The summed E-state index contributed by atoms with van der Waals surface area (Å²) in [6, 6.07) is 3.00. The highest BCUT2D eigenvalue weighted by Gasteiger charge is 2.17. The van der Waals surface area contributed by atoms with Gasteiger partial charge in [0.2, 0.25) is 0 Å². The predicted molar refractivity (Wildman–Crippen MR) is 66.3 cm³/mol. The lowest BCUT2D eigenvalue weighted by Crippen LogP contribution is -2.03. The summed E-state index contributed by atoms with van der Waals surface area (Å²) >= 11 is 6.71. The van der Waals surface area contributed by atoms with E-state index in [1.807, 2.05) is 0 Å². The molecule has 0 fully saturated rings. The van der Waals surface area contributed by atoms with Gasteiger partial charge < -0.3 is 0 Å². The molecular formula is C10H11ClO3S2. The first-order valence-corrected chi connectivity index (χ1v) is 7.85. The first-order valence-electron chi connectivity index (χ1n) is 4.36. The Labute approximate surface area is 104 Å². The van der Waals surface area contributed by atoms with Crippen molar-refractivity contribution in [1.29, 1.82) is 0 Å². The Kier molecular flexibility index (Phi) is 4.04. The average molecular weight is 279 g/mol. The third-order valence-corrected chi connectivity index (χ3v) is 4.37. The maximum Gasteiger partial charge on any atom is 0.252 e. The first-order chi connectivity index (χ1) is 7.27. The molecule has 1 rings (SSSR count). The average Bonchev–Trinajstić information content (AvgIpc) is 2.14. The topological polar surface area (TPSA) is 51.2 Å². The summed E-state index contributed by atoms with van der Waals surface area (Å²) in [4.78, 5) is 11.9. The molecule has 0 spiro atoms. The maximum absolute atomic E-state index is 11.5. The van der Waals surface area contributed by atoms with Gasteiger partial charge in [0, 0.05) is 16.7 Å². The minimum atomic E-state index is -3.35. The second-order valence-corrected chi connectivity index (χ2v) is 6.54. The second kappa shape index (κ2) is 4.77. The van der Waals surface area contributed by atoms with Crippen molar-refractivity contribution in [2.75, 3.05) is 12.5 Å². The smallest absolute Gasteiger partial charge is 0.252 e. The number of carbonyl (C=O) groups is 1. The van der Waals surface area contributed by atoms with Gasteiger partial charge in [-0.2, -0.15) is 0 Å². The van der Waals surface area contributed by atoms with Gasteiger partial charge in [-0.1, -0.05) is 0 Å². The number of rotatable bonds is 3. The summed E-state index contributed by atoms with van der Waals surface area (Å²) in [7, 11) is -3.35. The summed E-state index contributed by atoms with van der Waals surface area (Å²) in [5.74, 6) is 0. The van der Waals surface area contributed by atoms with Crippen molar-refractivity contribution in [3.05, 3.63) is 23.3 Å². The number of hydrogen-bond acceptors (Lipinski definition) is 4. The molecule has 3 nitrogen and oxygen atoms in total. The van der Waals surface area contributed by atoms with Crippen molar-refractivity contribution >= 4 is 38.4 Å². The van der Waals surface area contributed by atoms with Crippen LogP contribution in [0.2, 0.25) is 0 Å². The molecule has 1 aromatic rings. The molecule has 88 valence electrons. The fourth-order valence-corrected chi connectivity index (χ4v) is 3.54. The van der Waals surface area contributed by atoms with Crippen LogP contribution in [-0.4, -0.2) is 26.2 Å². The Bertz CT molecular complexity index is 535.